The highest BCUT2D eigenvalue weighted by Crippen LogP contribution is 2.16. The van der Waals surface area contributed by atoms with Gasteiger partial charge >= 0.3 is 5.69 Å². The molecular weight excluding hydrogens is 245 g/mol. The molecule has 7 nitrogen and oxygen atoms in total. The van der Waals surface area contributed by atoms with Crippen molar-refractivity contribution in [3.05, 3.63) is 43.7 Å². The molecule has 2 aromatic heterocycles. The van der Waals surface area contributed by atoms with Crippen LogP contribution in [0, 0.1) is 19.7 Å². The quantitative estimate of drug-likeness (QED) is 0.788. The van der Waals surface area contributed by atoms with E-state index in [0.29, 0.717) is 21.6 Å². The van der Waals surface area contributed by atoms with Crippen LogP contribution in [-0.4, -0.2) is 19.8 Å². The molecule has 0 aromatic carbocycles. The molecule has 0 aliphatic heterocycles. The van der Waals surface area contributed by atoms with E-state index in [4.69, 9.17) is 4.52 Å². The van der Waals surface area contributed by atoms with Crippen LogP contribution in [0.5, 0.6) is 5.88 Å². The lowest BCUT2D eigenvalue weighted by atomic mass is 10.2. The summed E-state index contributed by atoms with van der Waals surface area (Å²) in [5, 5.41) is 13.1. The summed E-state index contributed by atoms with van der Waals surface area (Å²) >= 11 is 0. The average Bonchev–Trinajstić information content (AvgIpc) is 2.62. The maximum atomic E-state index is 13.2. The van der Waals surface area contributed by atoms with Crippen molar-refractivity contribution in [3.63, 3.8) is 0 Å². The molecule has 0 bridgehead atoms. The minimum atomic E-state index is -1.40. The number of rotatable bonds is 2. The van der Waals surface area contributed by atoms with Crippen molar-refractivity contribution >= 4 is 0 Å². The number of aromatic nitrogens is 3. The first kappa shape index (κ1) is 12.1. The summed E-state index contributed by atoms with van der Waals surface area (Å²) in [6, 6.07) is 0. The zero-order valence-electron chi connectivity index (χ0n) is 9.65. The Morgan fingerprint density at radius 3 is 2.67 bits per heavy atom. The van der Waals surface area contributed by atoms with Gasteiger partial charge in [0, 0.05) is 5.56 Å². The molecule has 2 rings (SSSR count). The Hall–Kier alpha value is -2.38. The van der Waals surface area contributed by atoms with Gasteiger partial charge in [0.2, 0.25) is 11.7 Å². The number of nitrogens with one attached hydrogen (secondary N) is 1. The van der Waals surface area contributed by atoms with Crippen molar-refractivity contribution in [2.45, 2.75) is 20.4 Å². The summed E-state index contributed by atoms with van der Waals surface area (Å²) in [5.41, 5.74) is -1.10. The second-order valence-corrected chi connectivity index (χ2v) is 3.79. The third-order valence-corrected chi connectivity index (χ3v) is 2.61. The second-order valence-electron chi connectivity index (χ2n) is 3.79. The molecule has 0 saturated heterocycles. The summed E-state index contributed by atoms with van der Waals surface area (Å²) in [5.74, 6) is -1.96. The molecular formula is C10H10FN3O4. The summed E-state index contributed by atoms with van der Waals surface area (Å²) in [4.78, 5) is 24.2. The summed E-state index contributed by atoms with van der Waals surface area (Å²) in [6.07, 6.45) is 0. The van der Waals surface area contributed by atoms with Crippen molar-refractivity contribution in [3.8, 4) is 5.88 Å². The lowest BCUT2D eigenvalue weighted by Crippen LogP contribution is -2.32. The maximum Gasteiger partial charge on any atom is 0.331 e. The molecule has 2 aromatic rings. The Balaban J connectivity index is 2.58. The highest BCUT2D eigenvalue weighted by atomic mass is 19.1. The van der Waals surface area contributed by atoms with Gasteiger partial charge in [-0.2, -0.15) is 4.39 Å². The minimum Gasteiger partial charge on any atom is -0.492 e. The fourth-order valence-corrected chi connectivity index (χ4v) is 1.57. The number of aryl methyl sites for hydroxylation is 2. The first-order valence-corrected chi connectivity index (χ1v) is 5.05. The number of halogens is 1. The molecule has 2 heterocycles. The normalized spacial score (nSPS) is 10.8. The van der Waals surface area contributed by atoms with E-state index in [9.17, 15) is 19.1 Å². The molecule has 2 N–H and O–H groups in total. The Morgan fingerprint density at radius 2 is 2.11 bits per heavy atom. The van der Waals surface area contributed by atoms with E-state index in [2.05, 4.69) is 5.16 Å². The Kier molecular flexibility index (Phi) is 2.77. The fourth-order valence-electron chi connectivity index (χ4n) is 1.57. The van der Waals surface area contributed by atoms with E-state index in [1.165, 1.54) is 0 Å². The van der Waals surface area contributed by atoms with E-state index in [-0.39, 0.29) is 6.54 Å². The molecule has 0 radical (unpaired) electrons. The fraction of sp³-hybridized carbons (Fsp3) is 0.300. The predicted molar refractivity (Wildman–Crippen MR) is 58.0 cm³/mol. The number of aromatic amines is 1. The van der Waals surface area contributed by atoms with Crippen molar-refractivity contribution in [1.29, 1.82) is 0 Å². The molecule has 0 unspecified atom stereocenters. The molecule has 0 fully saturated rings. The standard InChI is InChI=1S/C10H10FN3O4/c1-4-6(5(2)18-13-4)3-14-9(16)7(11)8(15)12-10(14)17/h16H,3H2,1-2H3,(H,12,15,17). The van der Waals surface area contributed by atoms with Gasteiger partial charge in [0.25, 0.3) is 5.56 Å². The first-order valence-electron chi connectivity index (χ1n) is 5.05. The number of aromatic hydroxyl groups is 1. The summed E-state index contributed by atoms with van der Waals surface area (Å²) < 4.78 is 18.8. The molecule has 18 heavy (non-hydrogen) atoms. The number of hydrogen-bond acceptors (Lipinski definition) is 5. The van der Waals surface area contributed by atoms with Crippen LogP contribution in [0.25, 0.3) is 0 Å². The highest BCUT2D eigenvalue weighted by Gasteiger charge is 2.17. The van der Waals surface area contributed by atoms with Crippen LogP contribution in [0.4, 0.5) is 4.39 Å². The van der Waals surface area contributed by atoms with Crippen LogP contribution >= 0.6 is 0 Å². The van der Waals surface area contributed by atoms with Crippen LogP contribution in [-0.2, 0) is 6.54 Å². The van der Waals surface area contributed by atoms with Crippen LogP contribution in [0.2, 0.25) is 0 Å². The van der Waals surface area contributed by atoms with Crippen LogP contribution < -0.4 is 11.2 Å². The van der Waals surface area contributed by atoms with Gasteiger partial charge in [-0.3, -0.25) is 14.3 Å². The van der Waals surface area contributed by atoms with Gasteiger partial charge < -0.3 is 9.63 Å². The number of hydrogen-bond donors (Lipinski definition) is 2. The van der Waals surface area contributed by atoms with Crippen molar-refractivity contribution in [1.82, 2.24) is 14.7 Å². The van der Waals surface area contributed by atoms with Gasteiger partial charge in [-0.25, -0.2) is 4.79 Å². The SMILES string of the molecule is Cc1noc(C)c1Cn1c(O)c(F)c(=O)[nH]c1=O. The third-order valence-electron chi connectivity index (χ3n) is 2.61. The van der Waals surface area contributed by atoms with Gasteiger partial charge in [-0.1, -0.05) is 5.16 Å². The highest BCUT2D eigenvalue weighted by molar-refractivity contribution is 5.23. The van der Waals surface area contributed by atoms with Gasteiger partial charge in [0.15, 0.2) is 0 Å². The first-order chi connectivity index (χ1) is 8.41. The summed E-state index contributed by atoms with van der Waals surface area (Å²) in [7, 11) is 0. The number of nitrogens with zero attached hydrogens (tertiary/aromatic N) is 2. The summed E-state index contributed by atoms with van der Waals surface area (Å²) in [6.45, 7) is 3.13. The molecule has 0 atom stereocenters. The Labute approximate surface area is 99.5 Å². The van der Waals surface area contributed by atoms with Crippen molar-refractivity contribution in [2.75, 3.05) is 0 Å². The smallest absolute Gasteiger partial charge is 0.331 e. The molecule has 8 heteroatoms. The van der Waals surface area contributed by atoms with Gasteiger partial charge in [-0.15, -0.1) is 0 Å². The Bertz CT molecular complexity index is 693. The van der Waals surface area contributed by atoms with E-state index in [0.717, 1.165) is 0 Å². The van der Waals surface area contributed by atoms with Crippen molar-refractivity contribution in [2.24, 2.45) is 0 Å². The monoisotopic (exact) mass is 255 g/mol. The Morgan fingerprint density at radius 1 is 1.44 bits per heavy atom. The van der Waals surface area contributed by atoms with E-state index in [1.54, 1.807) is 18.8 Å². The van der Waals surface area contributed by atoms with E-state index in [1.807, 2.05) is 0 Å². The zero-order valence-corrected chi connectivity index (χ0v) is 9.65. The third kappa shape index (κ3) is 1.81. The average molecular weight is 255 g/mol. The van der Waals surface area contributed by atoms with Gasteiger partial charge in [0.05, 0.1) is 12.2 Å². The lowest BCUT2D eigenvalue weighted by molar-refractivity contribution is 0.365. The molecule has 0 aliphatic carbocycles. The van der Waals surface area contributed by atoms with Gasteiger partial charge in [-0.05, 0) is 13.8 Å². The minimum absolute atomic E-state index is 0.139. The molecule has 0 aliphatic rings. The van der Waals surface area contributed by atoms with Crippen molar-refractivity contribution < 1.29 is 14.0 Å². The molecule has 0 saturated carbocycles. The molecule has 96 valence electrons. The van der Waals surface area contributed by atoms with E-state index < -0.39 is 22.9 Å². The predicted octanol–water partition coefficient (Wildman–Crippen LogP) is 0.0344. The van der Waals surface area contributed by atoms with Crippen LogP contribution in [0.3, 0.4) is 0 Å². The molecule has 0 spiro atoms. The number of H-pyrrole nitrogens is 1. The van der Waals surface area contributed by atoms with Crippen LogP contribution in [0.1, 0.15) is 17.0 Å². The van der Waals surface area contributed by atoms with E-state index >= 15 is 0 Å². The van der Waals surface area contributed by atoms with Gasteiger partial charge in [0.1, 0.15) is 5.76 Å². The topological polar surface area (TPSA) is 101 Å². The maximum absolute atomic E-state index is 13.2. The largest absolute Gasteiger partial charge is 0.492 e. The lowest BCUT2D eigenvalue weighted by Gasteiger charge is -2.07. The second kappa shape index (κ2) is 4.13. The molecule has 0 amide bonds. The van der Waals surface area contributed by atoms with Crippen LogP contribution in [0.15, 0.2) is 14.1 Å². The zero-order chi connectivity index (χ0) is 13.4.